The number of aliphatic hydroxyl groups is 1. The molecule has 0 heterocycles. The van der Waals surface area contributed by atoms with Crippen molar-refractivity contribution in [3.63, 3.8) is 0 Å². The molecule has 0 aromatic heterocycles. The third-order valence-electron chi connectivity index (χ3n) is 7.70. The lowest BCUT2D eigenvalue weighted by Crippen LogP contribution is -2.65. The number of hydrogen-bond donors (Lipinski definition) is 1. The van der Waals surface area contributed by atoms with Gasteiger partial charge in [-0.15, -0.1) is 0 Å². The molecule has 4 aliphatic rings. The summed E-state index contributed by atoms with van der Waals surface area (Å²) in [6.45, 7) is 5.70. The van der Waals surface area contributed by atoms with E-state index in [4.69, 9.17) is 14.6 Å². The fourth-order valence-electron chi connectivity index (χ4n) is 5.79. The van der Waals surface area contributed by atoms with Gasteiger partial charge in [0.25, 0.3) is 5.60 Å². The van der Waals surface area contributed by atoms with E-state index in [2.05, 4.69) is 4.74 Å². The van der Waals surface area contributed by atoms with Crippen LogP contribution in [-0.4, -0.2) is 58.8 Å². The first kappa shape index (κ1) is 28.5. The summed E-state index contributed by atoms with van der Waals surface area (Å²) in [7, 11) is 0. The van der Waals surface area contributed by atoms with Crippen LogP contribution in [0, 0.1) is 23.2 Å². The lowest BCUT2D eigenvalue weighted by Gasteiger charge is -2.62. The third-order valence-corrected chi connectivity index (χ3v) is 7.70. The number of carbonyl (C=O) groups excluding carboxylic acids is 3. The van der Waals surface area contributed by atoms with Crippen LogP contribution >= 0.6 is 0 Å². The third kappa shape index (κ3) is 5.17. The first-order valence-corrected chi connectivity index (χ1v) is 11.6. The van der Waals surface area contributed by atoms with Gasteiger partial charge in [0.1, 0.15) is 11.2 Å². The largest absolute Gasteiger partial charge is 0.459 e. The summed E-state index contributed by atoms with van der Waals surface area (Å²) >= 11 is 0. The number of ether oxygens (including phenoxy) is 3. The Hall–Kier alpha value is -2.05. The Morgan fingerprint density at radius 2 is 1.36 bits per heavy atom. The number of hydrogen-bond acceptors (Lipinski definition) is 7. The van der Waals surface area contributed by atoms with Crippen LogP contribution in [0.1, 0.15) is 66.2 Å². The molecule has 0 radical (unpaired) electrons. The van der Waals surface area contributed by atoms with Crippen LogP contribution < -0.4 is 0 Å². The minimum atomic E-state index is -6.19. The highest BCUT2D eigenvalue weighted by Gasteiger charge is 2.71. The summed E-state index contributed by atoms with van der Waals surface area (Å²) in [5.74, 6) is -3.68. The molecule has 0 aromatic rings. The predicted octanol–water partition coefficient (Wildman–Crippen LogP) is 4.25. The topological polar surface area (TPSA) is 99.1 Å². The van der Waals surface area contributed by atoms with Gasteiger partial charge >= 0.3 is 30.3 Å². The van der Waals surface area contributed by atoms with E-state index >= 15 is 0 Å². The molecule has 0 amide bonds. The molecule has 4 aliphatic carbocycles. The highest BCUT2D eigenvalue weighted by Crippen LogP contribution is 2.62. The molecule has 2 atom stereocenters. The number of esters is 3. The van der Waals surface area contributed by atoms with E-state index in [1.807, 2.05) is 0 Å². The second-order valence-corrected chi connectivity index (χ2v) is 11.5. The van der Waals surface area contributed by atoms with Gasteiger partial charge in [-0.1, -0.05) is 0 Å². The van der Waals surface area contributed by atoms with Gasteiger partial charge in [0.05, 0.1) is 11.8 Å². The first-order chi connectivity index (χ1) is 16.1. The van der Waals surface area contributed by atoms with E-state index in [0.29, 0.717) is 32.1 Å². The second-order valence-electron chi connectivity index (χ2n) is 11.5. The zero-order valence-corrected chi connectivity index (χ0v) is 20.3. The van der Waals surface area contributed by atoms with Crippen LogP contribution in [0.3, 0.4) is 0 Å². The van der Waals surface area contributed by atoms with Crippen molar-refractivity contribution in [2.45, 2.75) is 95.4 Å². The molecule has 4 fully saturated rings. The smallest absolute Gasteiger partial charge is 0.426 e. The fourth-order valence-corrected chi connectivity index (χ4v) is 5.79. The maximum absolute atomic E-state index is 12.8. The Morgan fingerprint density at radius 3 is 1.81 bits per heavy atom. The number of alkyl halides is 6. The van der Waals surface area contributed by atoms with Crippen LogP contribution in [0.4, 0.5) is 26.3 Å². The van der Waals surface area contributed by atoms with E-state index in [1.165, 1.54) is 0 Å². The Kier molecular flexibility index (Phi) is 6.94. The van der Waals surface area contributed by atoms with Crippen molar-refractivity contribution in [2.75, 3.05) is 6.61 Å². The molecule has 4 rings (SSSR count). The highest BCUT2D eigenvalue weighted by atomic mass is 19.4. The molecule has 0 aliphatic heterocycles. The summed E-state index contributed by atoms with van der Waals surface area (Å²) in [6, 6.07) is 0. The molecule has 4 saturated carbocycles. The monoisotopic (exact) mass is 532 g/mol. The molecule has 2 unspecified atom stereocenters. The summed E-state index contributed by atoms with van der Waals surface area (Å²) in [5.41, 5.74) is -7.73. The summed E-state index contributed by atoms with van der Waals surface area (Å²) in [4.78, 5) is 36.6. The highest BCUT2D eigenvalue weighted by molar-refractivity contribution is 5.77. The molecule has 0 aromatic carbocycles. The van der Waals surface area contributed by atoms with E-state index in [1.54, 1.807) is 27.7 Å². The van der Waals surface area contributed by atoms with Gasteiger partial charge in [0, 0.05) is 11.8 Å². The lowest BCUT2D eigenvalue weighted by atomic mass is 9.48. The van der Waals surface area contributed by atoms with Gasteiger partial charge in [0.15, 0.2) is 6.61 Å². The van der Waals surface area contributed by atoms with Crippen molar-refractivity contribution in [3.8, 4) is 0 Å². The molecule has 1 N–H and O–H groups in total. The quantitative estimate of drug-likeness (QED) is 0.310. The zero-order valence-electron chi connectivity index (χ0n) is 20.3. The Labute approximate surface area is 203 Å². The maximum atomic E-state index is 12.8. The maximum Gasteiger partial charge on any atom is 0.426 e. The standard InChI is InChI=1S/C23H30F6O7/c1-18(2,3)17(32)36-20-7-12-5-13(8-20)19(4,14(6-12)9-20)35-16(31)11-34-15(30)10-21(33,22(24,25)26)23(27,28)29/h12-14,33H,5-11H2,1-4H3. The molecule has 36 heavy (non-hydrogen) atoms. The minimum Gasteiger partial charge on any atom is -0.459 e. The van der Waals surface area contributed by atoms with Gasteiger partial charge in [-0.2, -0.15) is 26.3 Å². The average Bonchev–Trinajstić information content (AvgIpc) is 2.67. The van der Waals surface area contributed by atoms with E-state index in [0.717, 1.165) is 0 Å². The number of rotatable bonds is 6. The summed E-state index contributed by atoms with van der Waals surface area (Å²) in [5, 5.41) is 9.09. The molecule has 13 heteroatoms. The summed E-state index contributed by atoms with van der Waals surface area (Å²) in [6.07, 6.45) is -11.9. The average molecular weight is 532 g/mol. The van der Waals surface area contributed by atoms with E-state index in [-0.39, 0.29) is 23.7 Å². The molecule has 0 spiro atoms. The SMILES string of the molecule is CC(C)(C)C(=O)OC12CC3CC(C1)C(C)(OC(=O)COC(=O)CC(O)(C(F)(F)F)C(F)(F)F)C(C3)C2. The number of carbonyl (C=O) groups is 3. The predicted molar refractivity (Wildman–Crippen MR) is 109 cm³/mol. The fraction of sp³-hybridized carbons (Fsp3) is 0.870. The first-order valence-electron chi connectivity index (χ1n) is 11.6. The molecule has 7 nitrogen and oxygen atoms in total. The van der Waals surface area contributed by atoms with Crippen LogP contribution in [0.2, 0.25) is 0 Å². The van der Waals surface area contributed by atoms with Crippen molar-refractivity contribution in [1.82, 2.24) is 0 Å². The van der Waals surface area contributed by atoms with Gasteiger partial charge < -0.3 is 19.3 Å². The van der Waals surface area contributed by atoms with Gasteiger partial charge in [0.2, 0.25) is 0 Å². The number of halogens is 6. The second kappa shape index (κ2) is 8.76. The molecular formula is C23H30F6O7. The lowest BCUT2D eigenvalue weighted by molar-refractivity contribution is -0.368. The normalized spacial score (nSPS) is 32.2. The van der Waals surface area contributed by atoms with Crippen molar-refractivity contribution in [1.29, 1.82) is 0 Å². The van der Waals surface area contributed by atoms with E-state index < -0.39 is 59.5 Å². The minimum absolute atomic E-state index is 0.197. The summed E-state index contributed by atoms with van der Waals surface area (Å²) < 4.78 is 92.4. The van der Waals surface area contributed by atoms with Gasteiger partial charge in [-0.25, -0.2) is 4.79 Å². The van der Waals surface area contributed by atoms with Crippen LogP contribution in [0.5, 0.6) is 0 Å². The van der Waals surface area contributed by atoms with Crippen molar-refractivity contribution >= 4 is 17.9 Å². The molecular weight excluding hydrogens is 502 g/mol. The van der Waals surface area contributed by atoms with Gasteiger partial charge in [-0.3, -0.25) is 9.59 Å². The molecule has 206 valence electrons. The van der Waals surface area contributed by atoms with Crippen LogP contribution in [0.15, 0.2) is 0 Å². The van der Waals surface area contributed by atoms with Crippen LogP contribution in [-0.2, 0) is 28.6 Å². The van der Waals surface area contributed by atoms with Crippen molar-refractivity contribution in [2.24, 2.45) is 23.2 Å². The van der Waals surface area contributed by atoms with Crippen molar-refractivity contribution in [3.05, 3.63) is 0 Å². The van der Waals surface area contributed by atoms with Crippen LogP contribution in [0.25, 0.3) is 0 Å². The Morgan fingerprint density at radius 1 is 0.861 bits per heavy atom. The van der Waals surface area contributed by atoms with Crippen molar-refractivity contribution < 1.29 is 60.0 Å². The molecule has 0 saturated heterocycles. The Bertz CT molecular complexity index is 874. The van der Waals surface area contributed by atoms with E-state index in [9.17, 15) is 40.7 Å². The molecule has 4 bridgehead atoms. The van der Waals surface area contributed by atoms with Gasteiger partial charge in [-0.05, 0) is 65.7 Å². The zero-order chi connectivity index (χ0) is 27.5. The Balaban J connectivity index is 1.62.